The Morgan fingerprint density at radius 1 is 0.962 bits per heavy atom. The van der Waals surface area contributed by atoms with E-state index in [9.17, 15) is 19.8 Å². The second-order valence-corrected chi connectivity index (χ2v) is 6.65. The van der Waals surface area contributed by atoms with Crippen molar-refractivity contribution in [3.8, 4) is 0 Å². The second-order valence-electron chi connectivity index (χ2n) is 6.65. The number of unbranched alkanes of at least 4 members (excludes halogenated alkanes) is 4. The summed E-state index contributed by atoms with van der Waals surface area (Å²) < 4.78 is 10.3. The quantitative estimate of drug-likeness (QED) is 0.279. The summed E-state index contributed by atoms with van der Waals surface area (Å²) in [4.78, 5) is 24.0. The molecule has 26 heavy (non-hydrogen) atoms. The first-order chi connectivity index (χ1) is 12.5. The summed E-state index contributed by atoms with van der Waals surface area (Å²) in [5.74, 6) is -1.48. The van der Waals surface area contributed by atoms with Crippen LogP contribution in [0.2, 0.25) is 0 Å². The van der Waals surface area contributed by atoms with Gasteiger partial charge in [0, 0.05) is 6.42 Å². The van der Waals surface area contributed by atoms with Gasteiger partial charge in [0.15, 0.2) is 6.10 Å². The van der Waals surface area contributed by atoms with Gasteiger partial charge < -0.3 is 24.8 Å². The number of aliphatic hydroxyl groups excluding tert-OH is 3. The number of ether oxygens (including phenoxy) is 2. The highest BCUT2D eigenvalue weighted by Gasteiger charge is 2.26. The van der Waals surface area contributed by atoms with Gasteiger partial charge in [-0.15, -0.1) is 0 Å². The molecule has 0 aromatic carbocycles. The third-order valence-electron chi connectivity index (χ3n) is 4.16. The van der Waals surface area contributed by atoms with Gasteiger partial charge in [0.05, 0.1) is 25.2 Å². The molecule has 0 bridgehead atoms. The molecule has 3 atom stereocenters. The lowest BCUT2D eigenvalue weighted by atomic mass is 9.95. The highest BCUT2D eigenvalue weighted by atomic mass is 16.6. The lowest BCUT2D eigenvalue weighted by Gasteiger charge is -2.22. The van der Waals surface area contributed by atoms with E-state index in [1.54, 1.807) is 0 Å². The van der Waals surface area contributed by atoms with Crippen molar-refractivity contribution < 1.29 is 34.4 Å². The highest BCUT2D eigenvalue weighted by molar-refractivity contribution is 5.73. The van der Waals surface area contributed by atoms with Crippen LogP contribution in [0.1, 0.15) is 71.6 Å². The van der Waals surface area contributed by atoms with Crippen LogP contribution < -0.4 is 0 Å². The fourth-order valence-electron chi connectivity index (χ4n) is 2.52. The van der Waals surface area contributed by atoms with E-state index in [1.807, 2.05) is 6.92 Å². The molecule has 154 valence electrons. The molecule has 7 nitrogen and oxygen atoms in total. The first-order valence-electron chi connectivity index (χ1n) is 9.74. The molecule has 0 fully saturated rings. The van der Waals surface area contributed by atoms with Crippen LogP contribution in [0.4, 0.5) is 0 Å². The molecule has 0 aliphatic rings. The molecule has 3 unspecified atom stereocenters. The average Bonchev–Trinajstić information content (AvgIpc) is 2.64. The molecule has 0 rings (SSSR count). The molecule has 0 aliphatic carbocycles. The fraction of sp³-hybridized carbons (Fsp3) is 0.895. The minimum Gasteiger partial charge on any atom is -0.462 e. The van der Waals surface area contributed by atoms with Crippen molar-refractivity contribution in [3.05, 3.63) is 0 Å². The third kappa shape index (κ3) is 12.2. The van der Waals surface area contributed by atoms with Crippen LogP contribution in [-0.4, -0.2) is 59.3 Å². The topological polar surface area (TPSA) is 113 Å². The molecule has 0 aromatic heterocycles. The number of rotatable bonds is 16. The summed E-state index contributed by atoms with van der Waals surface area (Å²) in [6.07, 6.45) is 4.60. The zero-order valence-electron chi connectivity index (χ0n) is 16.2. The Kier molecular flexibility index (Phi) is 15.3. The largest absolute Gasteiger partial charge is 0.462 e. The molecule has 3 N–H and O–H groups in total. The van der Waals surface area contributed by atoms with Crippen LogP contribution in [0.25, 0.3) is 0 Å². The van der Waals surface area contributed by atoms with E-state index < -0.39 is 37.3 Å². The zero-order chi connectivity index (χ0) is 19.8. The van der Waals surface area contributed by atoms with E-state index in [1.165, 1.54) is 0 Å². The van der Waals surface area contributed by atoms with E-state index >= 15 is 0 Å². The minimum absolute atomic E-state index is 0.102. The van der Waals surface area contributed by atoms with Gasteiger partial charge in [0.1, 0.15) is 6.61 Å². The Morgan fingerprint density at radius 2 is 1.65 bits per heavy atom. The molecule has 0 spiro atoms. The Labute approximate surface area is 156 Å². The maximum absolute atomic E-state index is 12.3. The smallest absolute Gasteiger partial charge is 0.309 e. The summed E-state index contributed by atoms with van der Waals surface area (Å²) in [5, 5.41) is 27.9. The van der Waals surface area contributed by atoms with Crippen LogP contribution in [0.15, 0.2) is 0 Å². The lowest BCUT2D eigenvalue weighted by molar-refractivity contribution is -0.166. The fourth-order valence-corrected chi connectivity index (χ4v) is 2.52. The second kappa shape index (κ2) is 16.0. The van der Waals surface area contributed by atoms with Crippen LogP contribution in [-0.2, 0) is 19.1 Å². The van der Waals surface area contributed by atoms with Gasteiger partial charge in [0.2, 0.25) is 0 Å². The molecule has 0 saturated heterocycles. The van der Waals surface area contributed by atoms with Crippen molar-refractivity contribution in [1.29, 1.82) is 0 Å². The van der Waals surface area contributed by atoms with E-state index in [-0.39, 0.29) is 19.0 Å². The Balaban J connectivity index is 4.37. The first-order valence-corrected chi connectivity index (χ1v) is 9.74. The van der Waals surface area contributed by atoms with Gasteiger partial charge in [0.25, 0.3) is 0 Å². The monoisotopic (exact) mass is 376 g/mol. The highest BCUT2D eigenvalue weighted by Crippen LogP contribution is 2.18. The van der Waals surface area contributed by atoms with Crippen molar-refractivity contribution in [2.24, 2.45) is 5.92 Å². The van der Waals surface area contributed by atoms with E-state index in [4.69, 9.17) is 14.6 Å². The zero-order valence-corrected chi connectivity index (χ0v) is 16.2. The van der Waals surface area contributed by atoms with Gasteiger partial charge in [-0.2, -0.15) is 0 Å². The van der Waals surface area contributed by atoms with Gasteiger partial charge in [-0.3, -0.25) is 9.59 Å². The van der Waals surface area contributed by atoms with Crippen LogP contribution in [0.3, 0.4) is 0 Å². The molecule has 7 heteroatoms. The van der Waals surface area contributed by atoms with Crippen LogP contribution in [0.5, 0.6) is 0 Å². The molecule has 0 saturated carbocycles. The minimum atomic E-state index is -0.988. The van der Waals surface area contributed by atoms with Crippen LogP contribution >= 0.6 is 0 Å². The van der Waals surface area contributed by atoms with Crippen LogP contribution in [0, 0.1) is 5.92 Å². The summed E-state index contributed by atoms with van der Waals surface area (Å²) >= 11 is 0. The summed E-state index contributed by atoms with van der Waals surface area (Å²) in [5.41, 5.74) is 0. The Bertz CT molecular complexity index is 373. The number of esters is 2. The standard InChI is InChI=1S/C19H36O7/c1-3-5-7-8-10-18(23)25-14-17(13-21)26-19(24)15(9-6-4-2)11-16(22)12-20/h15-17,20-22H,3-14H2,1-2H3. The summed E-state index contributed by atoms with van der Waals surface area (Å²) in [6, 6.07) is 0. The number of hydrogen-bond donors (Lipinski definition) is 3. The molecule has 0 amide bonds. The van der Waals surface area contributed by atoms with Gasteiger partial charge >= 0.3 is 11.9 Å². The van der Waals surface area contributed by atoms with Crippen molar-refractivity contribution in [2.45, 2.75) is 83.8 Å². The summed E-state index contributed by atoms with van der Waals surface area (Å²) in [6.45, 7) is 3.03. The predicted molar refractivity (Wildman–Crippen MR) is 97.4 cm³/mol. The first kappa shape index (κ1) is 24.8. The van der Waals surface area contributed by atoms with E-state index in [0.29, 0.717) is 12.8 Å². The van der Waals surface area contributed by atoms with Crippen molar-refractivity contribution in [2.75, 3.05) is 19.8 Å². The van der Waals surface area contributed by atoms with Gasteiger partial charge in [-0.1, -0.05) is 46.0 Å². The third-order valence-corrected chi connectivity index (χ3v) is 4.16. The molecule has 0 aliphatic heterocycles. The van der Waals surface area contributed by atoms with Gasteiger partial charge in [-0.25, -0.2) is 0 Å². The Morgan fingerprint density at radius 3 is 2.23 bits per heavy atom. The maximum atomic E-state index is 12.3. The van der Waals surface area contributed by atoms with E-state index in [2.05, 4.69) is 6.92 Å². The predicted octanol–water partition coefficient (Wildman–Crippen LogP) is 1.95. The normalized spacial score (nSPS) is 14.5. The number of carbonyl (C=O) groups is 2. The van der Waals surface area contributed by atoms with Crippen molar-refractivity contribution >= 4 is 11.9 Å². The molecule has 0 aromatic rings. The molecule has 0 radical (unpaired) electrons. The van der Waals surface area contributed by atoms with E-state index in [0.717, 1.165) is 38.5 Å². The number of hydrogen-bond acceptors (Lipinski definition) is 7. The SMILES string of the molecule is CCCCCCC(=O)OCC(CO)OC(=O)C(CCCC)CC(O)CO. The molecular formula is C19H36O7. The lowest BCUT2D eigenvalue weighted by Crippen LogP contribution is -2.33. The maximum Gasteiger partial charge on any atom is 0.309 e. The summed E-state index contributed by atoms with van der Waals surface area (Å²) in [7, 11) is 0. The average molecular weight is 376 g/mol. The Hall–Kier alpha value is -1.18. The van der Waals surface area contributed by atoms with Crippen molar-refractivity contribution in [1.82, 2.24) is 0 Å². The number of aliphatic hydroxyl groups is 3. The molecule has 0 heterocycles. The van der Waals surface area contributed by atoms with Gasteiger partial charge in [-0.05, 0) is 19.3 Å². The number of carbonyl (C=O) groups excluding carboxylic acids is 2. The molecular weight excluding hydrogens is 340 g/mol. The van der Waals surface area contributed by atoms with Crippen molar-refractivity contribution in [3.63, 3.8) is 0 Å².